The Bertz CT molecular complexity index is 1110. The molecular formula is C24H28ClN5O2. The molecule has 2 fully saturated rings. The van der Waals surface area contributed by atoms with Crippen LogP contribution in [0.25, 0.3) is 11.0 Å². The number of nitrogens with one attached hydrogen (secondary N) is 1. The second-order valence-corrected chi connectivity index (χ2v) is 8.96. The average Bonchev–Trinajstić information content (AvgIpc) is 3.27. The molecule has 2 aliphatic heterocycles. The van der Waals surface area contributed by atoms with E-state index in [1.54, 1.807) is 7.11 Å². The van der Waals surface area contributed by atoms with Gasteiger partial charge >= 0.3 is 0 Å². The Morgan fingerprint density at radius 2 is 1.94 bits per heavy atom. The number of methoxy groups -OCH3 is 1. The van der Waals surface area contributed by atoms with Crippen LogP contribution in [0.1, 0.15) is 12.8 Å². The molecule has 1 amide bonds. The number of rotatable bonds is 4. The number of H-pyrrole nitrogens is 1. The van der Waals surface area contributed by atoms with Crippen molar-refractivity contribution in [1.29, 1.82) is 0 Å². The van der Waals surface area contributed by atoms with Crippen molar-refractivity contribution in [3.05, 3.63) is 47.5 Å². The molecule has 32 heavy (non-hydrogen) atoms. The number of ether oxygens (including phenoxy) is 1. The van der Waals surface area contributed by atoms with Crippen LogP contribution < -0.4 is 14.5 Å². The third kappa shape index (κ3) is 4.21. The van der Waals surface area contributed by atoms with Crippen LogP contribution in [-0.4, -0.2) is 67.2 Å². The maximum atomic E-state index is 13.3. The Morgan fingerprint density at radius 1 is 1.09 bits per heavy atom. The van der Waals surface area contributed by atoms with E-state index in [-0.39, 0.29) is 11.8 Å². The van der Waals surface area contributed by atoms with E-state index in [1.165, 1.54) is 0 Å². The van der Waals surface area contributed by atoms with E-state index < -0.39 is 0 Å². The summed E-state index contributed by atoms with van der Waals surface area (Å²) < 4.78 is 5.35. The number of amides is 1. The number of hydrogen-bond donors (Lipinski definition) is 1. The van der Waals surface area contributed by atoms with Crippen molar-refractivity contribution < 1.29 is 9.53 Å². The van der Waals surface area contributed by atoms with Gasteiger partial charge in [-0.2, -0.15) is 0 Å². The number of nitrogens with zero attached hydrogens (tertiary/aromatic N) is 4. The van der Waals surface area contributed by atoms with Crippen LogP contribution >= 0.6 is 11.6 Å². The van der Waals surface area contributed by atoms with E-state index in [0.717, 1.165) is 74.0 Å². The fourth-order valence-corrected chi connectivity index (χ4v) is 4.91. The van der Waals surface area contributed by atoms with Crippen molar-refractivity contribution in [2.45, 2.75) is 12.8 Å². The summed E-state index contributed by atoms with van der Waals surface area (Å²) in [5.41, 5.74) is 2.96. The molecule has 5 rings (SSSR count). The summed E-state index contributed by atoms with van der Waals surface area (Å²) in [5.74, 6) is 1.95. The zero-order valence-corrected chi connectivity index (χ0v) is 19.0. The van der Waals surface area contributed by atoms with Gasteiger partial charge in [-0.25, -0.2) is 4.98 Å². The van der Waals surface area contributed by atoms with E-state index in [4.69, 9.17) is 21.3 Å². The van der Waals surface area contributed by atoms with Crippen molar-refractivity contribution in [3.63, 3.8) is 0 Å². The highest BCUT2D eigenvalue weighted by atomic mass is 35.5. The second kappa shape index (κ2) is 8.90. The molecule has 2 aromatic carbocycles. The second-order valence-electron chi connectivity index (χ2n) is 8.52. The number of piperidine rings is 1. The van der Waals surface area contributed by atoms with Crippen LogP contribution in [0.5, 0.6) is 5.75 Å². The van der Waals surface area contributed by atoms with Gasteiger partial charge in [0, 0.05) is 56.0 Å². The van der Waals surface area contributed by atoms with E-state index in [9.17, 15) is 4.79 Å². The van der Waals surface area contributed by atoms with Gasteiger partial charge in [0.05, 0.1) is 24.1 Å². The number of anilines is 2. The largest absolute Gasteiger partial charge is 0.497 e. The molecule has 2 aliphatic rings. The average molecular weight is 454 g/mol. The number of carbonyl (C=O) groups excluding carboxylic acids is 1. The fourth-order valence-electron chi connectivity index (χ4n) is 4.74. The molecular weight excluding hydrogens is 426 g/mol. The zero-order chi connectivity index (χ0) is 22.1. The first-order valence-corrected chi connectivity index (χ1v) is 11.6. The van der Waals surface area contributed by atoms with Crippen molar-refractivity contribution in [2.24, 2.45) is 5.92 Å². The maximum Gasteiger partial charge on any atom is 0.227 e. The third-order valence-corrected chi connectivity index (χ3v) is 6.75. The SMILES string of the molecule is COc1cccc(N2CCN(C(=O)C3CCCN(c4nc5ccc(Cl)cc5[nH]4)C3)CC2)c1. The van der Waals surface area contributed by atoms with Crippen molar-refractivity contribution in [1.82, 2.24) is 14.9 Å². The van der Waals surface area contributed by atoms with Crippen LogP contribution in [0.4, 0.5) is 11.6 Å². The molecule has 7 nitrogen and oxygen atoms in total. The predicted molar refractivity (Wildman–Crippen MR) is 128 cm³/mol. The maximum absolute atomic E-state index is 13.3. The molecule has 0 aliphatic carbocycles. The Morgan fingerprint density at radius 3 is 2.75 bits per heavy atom. The summed E-state index contributed by atoms with van der Waals surface area (Å²) in [6.07, 6.45) is 1.91. The third-order valence-electron chi connectivity index (χ3n) is 6.51. The minimum Gasteiger partial charge on any atom is -0.497 e. The first kappa shape index (κ1) is 20.9. The van der Waals surface area contributed by atoms with Gasteiger partial charge in [0.2, 0.25) is 11.9 Å². The molecule has 0 spiro atoms. The van der Waals surface area contributed by atoms with Crippen LogP contribution in [0, 0.1) is 5.92 Å². The van der Waals surface area contributed by atoms with Crippen LogP contribution in [0.3, 0.4) is 0 Å². The van der Waals surface area contributed by atoms with Crippen LogP contribution in [0.15, 0.2) is 42.5 Å². The topological polar surface area (TPSA) is 64.7 Å². The molecule has 8 heteroatoms. The van der Waals surface area contributed by atoms with Crippen molar-refractivity contribution >= 4 is 40.2 Å². The summed E-state index contributed by atoms with van der Waals surface area (Å²) in [6, 6.07) is 13.8. The molecule has 168 valence electrons. The number of benzene rings is 2. The quantitative estimate of drug-likeness (QED) is 0.651. The number of aromatic amines is 1. The van der Waals surface area contributed by atoms with Crippen LogP contribution in [-0.2, 0) is 4.79 Å². The number of carbonyl (C=O) groups is 1. The number of fused-ring (bicyclic) bond motifs is 1. The lowest BCUT2D eigenvalue weighted by molar-refractivity contribution is -0.136. The molecule has 1 aromatic heterocycles. The molecule has 1 unspecified atom stereocenters. The van der Waals surface area contributed by atoms with Gasteiger partial charge in [0.25, 0.3) is 0 Å². The van der Waals surface area contributed by atoms with E-state index in [1.807, 2.05) is 35.2 Å². The Balaban J connectivity index is 1.21. The molecule has 2 saturated heterocycles. The number of imidazole rings is 1. The van der Waals surface area contributed by atoms with Gasteiger partial charge in [-0.05, 0) is 43.2 Å². The predicted octanol–water partition coefficient (Wildman–Crippen LogP) is 3.79. The van der Waals surface area contributed by atoms with Crippen LogP contribution in [0.2, 0.25) is 5.02 Å². The van der Waals surface area contributed by atoms with Crippen molar-refractivity contribution in [3.8, 4) is 5.75 Å². The van der Waals surface area contributed by atoms with Crippen molar-refractivity contribution in [2.75, 3.05) is 56.2 Å². The van der Waals surface area contributed by atoms with Gasteiger partial charge in [0.15, 0.2) is 0 Å². The van der Waals surface area contributed by atoms with E-state index in [2.05, 4.69) is 26.9 Å². The van der Waals surface area contributed by atoms with Gasteiger partial charge in [-0.15, -0.1) is 0 Å². The van der Waals surface area contributed by atoms with E-state index in [0.29, 0.717) is 11.6 Å². The number of halogens is 1. The Hall–Kier alpha value is -2.93. The summed E-state index contributed by atoms with van der Waals surface area (Å²) in [5, 5.41) is 0.687. The summed E-state index contributed by atoms with van der Waals surface area (Å²) >= 11 is 6.11. The fraction of sp³-hybridized carbons (Fsp3) is 0.417. The first-order chi connectivity index (χ1) is 15.6. The van der Waals surface area contributed by atoms with Gasteiger partial charge in [-0.3, -0.25) is 4.79 Å². The number of piperazine rings is 1. The van der Waals surface area contributed by atoms with E-state index >= 15 is 0 Å². The molecule has 1 atom stereocenters. The number of aromatic nitrogens is 2. The molecule has 0 radical (unpaired) electrons. The van der Waals surface area contributed by atoms with Gasteiger partial charge < -0.3 is 24.4 Å². The summed E-state index contributed by atoms with van der Waals surface area (Å²) in [4.78, 5) is 27.9. The Kier molecular flexibility index (Phi) is 5.83. The first-order valence-electron chi connectivity index (χ1n) is 11.2. The van der Waals surface area contributed by atoms with Gasteiger partial charge in [0.1, 0.15) is 5.75 Å². The molecule has 3 heterocycles. The molecule has 1 N–H and O–H groups in total. The smallest absolute Gasteiger partial charge is 0.227 e. The lowest BCUT2D eigenvalue weighted by Gasteiger charge is -2.39. The normalized spacial score (nSPS) is 19.4. The minimum absolute atomic E-state index is 0.00363. The lowest BCUT2D eigenvalue weighted by atomic mass is 9.96. The van der Waals surface area contributed by atoms with Gasteiger partial charge in [-0.1, -0.05) is 17.7 Å². The highest BCUT2D eigenvalue weighted by molar-refractivity contribution is 6.31. The standard InChI is InChI=1S/C24H28ClN5O2/c1-32-20-6-2-5-19(15-20)28-10-12-29(13-11-28)23(31)17-4-3-9-30(16-17)24-26-21-8-7-18(25)14-22(21)27-24/h2,5-8,14-15,17H,3-4,9-13,16H2,1H3,(H,26,27). The highest BCUT2D eigenvalue weighted by Gasteiger charge is 2.32. The molecule has 0 saturated carbocycles. The lowest BCUT2D eigenvalue weighted by Crippen LogP contribution is -2.52. The highest BCUT2D eigenvalue weighted by Crippen LogP contribution is 2.27. The Labute approximate surface area is 192 Å². The zero-order valence-electron chi connectivity index (χ0n) is 18.3. The summed E-state index contributed by atoms with van der Waals surface area (Å²) in [7, 11) is 1.68. The number of hydrogen-bond acceptors (Lipinski definition) is 5. The molecule has 0 bridgehead atoms. The summed E-state index contributed by atoms with van der Waals surface area (Å²) in [6.45, 7) is 4.76. The molecule has 3 aromatic rings. The minimum atomic E-state index is 0.00363. The monoisotopic (exact) mass is 453 g/mol.